The second-order valence-corrected chi connectivity index (χ2v) is 6.72. The third-order valence-electron chi connectivity index (χ3n) is 4.25. The van der Waals surface area contributed by atoms with Crippen LogP contribution < -0.4 is 16.2 Å². The zero-order valence-electron chi connectivity index (χ0n) is 15.4. The van der Waals surface area contributed by atoms with E-state index in [-0.39, 0.29) is 23.2 Å². The van der Waals surface area contributed by atoms with Gasteiger partial charge in [0.2, 0.25) is 5.91 Å². The second-order valence-electron chi connectivity index (χ2n) is 6.32. The SMILES string of the molecule is O=C(Cn1ncn2nccc2c1=O)Nc1cc(C(=O)Nc2ccccc2)ccc1Cl. The standard InChI is InChI=1S/C20H15ClN6O3/c21-15-7-6-13(19(29)24-14-4-2-1-3-5-14)10-16(15)25-18(28)11-26-20(30)17-8-9-22-27(17)12-23-26/h1-10,12H,11H2,(H,24,29)(H,25,28). The van der Waals surface area contributed by atoms with E-state index in [1.54, 1.807) is 30.3 Å². The van der Waals surface area contributed by atoms with Crippen LogP contribution in [0.1, 0.15) is 10.4 Å². The van der Waals surface area contributed by atoms with Crippen LogP contribution in [-0.4, -0.2) is 31.2 Å². The molecule has 9 nitrogen and oxygen atoms in total. The van der Waals surface area contributed by atoms with Gasteiger partial charge in [-0.15, -0.1) is 0 Å². The molecular formula is C20H15ClN6O3. The summed E-state index contributed by atoms with van der Waals surface area (Å²) in [6.07, 6.45) is 2.81. The van der Waals surface area contributed by atoms with Crippen molar-refractivity contribution in [2.45, 2.75) is 6.54 Å². The molecule has 0 atom stereocenters. The first-order valence-corrected chi connectivity index (χ1v) is 9.24. The zero-order valence-corrected chi connectivity index (χ0v) is 16.2. The van der Waals surface area contributed by atoms with Crippen molar-refractivity contribution in [3.05, 3.63) is 88.1 Å². The molecule has 4 aromatic rings. The maximum Gasteiger partial charge on any atom is 0.293 e. The lowest BCUT2D eigenvalue weighted by atomic mass is 10.1. The topological polar surface area (TPSA) is 110 Å². The van der Waals surface area contributed by atoms with E-state index in [1.807, 2.05) is 6.07 Å². The predicted octanol–water partition coefficient (Wildman–Crippen LogP) is 2.44. The average Bonchev–Trinajstić information content (AvgIpc) is 3.22. The van der Waals surface area contributed by atoms with Crippen molar-refractivity contribution in [3.63, 3.8) is 0 Å². The van der Waals surface area contributed by atoms with Crippen LogP contribution in [0, 0.1) is 0 Å². The molecular weight excluding hydrogens is 408 g/mol. The van der Waals surface area contributed by atoms with Gasteiger partial charge in [-0.1, -0.05) is 29.8 Å². The number of nitrogens with zero attached hydrogens (tertiary/aromatic N) is 4. The highest BCUT2D eigenvalue weighted by atomic mass is 35.5. The third-order valence-corrected chi connectivity index (χ3v) is 4.58. The molecule has 0 saturated carbocycles. The predicted molar refractivity (Wildman–Crippen MR) is 112 cm³/mol. The summed E-state index contributed by atoms with van der Waals surface area (Å²) >= 11 is 6.16. The van der Waals surface area contributed by atoms with Gasteiger partial charge in [0.15, 0.2) is 0 Å². The first-order valence-electron chi connectivity index (χ1n) is 8.86. The van der Waals surface area contributed by atoms with Gasteiger partial charge in [0.25, 0.3) is 11.5 Å². The maximum absolute atomic E-state index is 12.5. The molecule has 2 N–H and O–H groups in total. The molecule has 10 heteroatoms. The van der Waals surface area contributed by atoms with E-state index in [4.69, 9.17) is 11.6 Å². The number of anilines is 2. The van der Waals surface area contributed by atoms with Crippen LogP contribution in [-0.2, 0) is 11.3 Å². The molecule has 0 saturated heterocycles. The van der Waals surface area contributed by atoms with E-state index >= 15 is 0 Å². The average molecular weight is 423 g/mol. The smallest absolute Gasteiger partial charge is 0.293 e. The Morgan fingerprint density at radius 1 is 1.00 bits per heavy atom. The van der Waals surface area contributed by atoms with Crippen LogP contribution in [0.2, 0.25) is 5.02 Å². The highest BCUT2D eigenvalue weighted by Gasteiger charge is 2.13. The summed E-state index contributed by atoms with van der Waals surface area (Å²) in [5, 5.41) is 13.5. The van der Waals surface area contributed by atoms with Gasteiger partial charge in [-0.05, 0) is 36.4 Å². The number of amides is 2. The van der Waals surface area contributed by atoms with Gasteiger partial charge in [-0.3, -0.25) is 14.4 Å². The summed E-state index contributed by atoms with van der Waals surface area (Å²) in [5.74, 6) is -0.867. The summed E-state index contributed by atoms with van der Waals surface area (Å²) in [6.45, 7) is -0.322. The second kappa shape index (κ2) is 8.18. The molecule has 2 aromatic carbocycles. The molecule has 4 rings (SSSR count). The zero-order chi connectivity index (χ0) is 21.1. The Morgan fingerprint density at radius 3 is 2.60 bits per heavy atom. The lowest BCUT2D eigenvalue weighted by molar-refractivity contribution is -0.117. The van der Waals surface area contributed by atoms with E-state index < -0.39 is 11.5 Å². The summed E-state index contributed by atoms with van der Waals surface area (Å²) in [4.78, 5) is 37.2. The molecule has 0 fully saturated rings. The van der Waals surface area contributed by atoms with Crippen LogP contribution in [0.4, 0.5) is 11.4 Å². The van der Waals surface area contributed by atoms with Gasteiger partial charge in [0, 0.05) is 11.3 Å². The largest absolute Gasteiger partial charge is 0.323 e. The van der Waals surface area contributed by atoms with Crippen molar-refractivity contribution in [2.75, 3.05) is 10.6 Å². The molecule has 2 amide bonds. The molecule has 0 aliphatic carbocycles. The Labute approximate surface area is 174 Å². The number of nitrogens with one attached hydrogen (secondary N) is 2. The summed E-state index contributed by atoms with van der Waals surface area (Å²) < 4.78 is 2.34. The fourth-order valence-corrected chi connectivity index (χ4v) is 2.96. The molecule has 0 bridgehead atoms. The number of carbonyl (C=O) groups excluding carboxylic acids is 2. The normalized spacial score (nSPS) is 10.7. The Balaban J connectivity index is 1.50. The first kappa shape index (κ1) is 19.3. The maximum atomic E-state index is 12.5. The third kappa shape index (κ3) is 4.06. The number of aromatic nitrogens is 4. The number of carbonyl (C=O) groups is 2. The van der Waals surface area contributed by atoms with E-state index in [9.17, 15) is 14.4 Å². The highest BCUT2D eigenvalue weighted by Crippen LogP contribution is 2.23. The van der Waals surface area contributed by atoms with Gasteiger partial charge in [0.1, 0.15) is 18.4 Å². The van der Waals surface area contributed by atoms with E-state index in [1.165, 1.54) is 35.2 Å². The van der Waals surface area contributed by atoms with E-state index in [2.05, 4.69) is 20.8 Å². The summed E-state index contributed by atoms with van der Waals surface area (Å²) in [6, 6.07) is 15.0. The number of fused-ring (bicyclic) bond motifs is 1. The fourth-order valence-electron chi connectivity index (χ4n) is 2.80. The van der Waals surface area contributed by atoms with E-state index in [0.717, 1.165) is 4.68 Å². The number of hydrogen-bond acceptors (Lipinski definition) is 5. The molecule has 30 heavy (non-hydrogen) atoms. The Bertz CT molecular complexity index is 1300. The quantitative estimate of drug-likeness (QED) is 0.513. The summed E-state index contributed by atoms with van der Waals surface area (Å²) in [7, 11) is 0. The number of hydrogen-bond donors (Lipinski definition) is 2. The van der Waals surface area contributed by atoms with Crippen molar-refractivity contribution in [1.29, 1.82) is 0 Å². The van der Waals surface area contributed by atoms with Crippen LogP contribution in [0.25, 0.3) is 5.52 Å². The first-order chi connectivity index (χ1) is 14.5. The lowest BCUT2D eigenvalue weighted by Crippen LogP contribution is -2.30. The van der Waals surface area contributed by atoms with Crippen LogP contribution in [0.3, 0.4) is 0 Å². The number of para-hydroxylation sites is 1. The number of rotatable bonds is 5. The fraction of sp³-hybridized carbons (Fsp3) is 0.0500. The molecule has 2 heterocycles. The Kier molecular flexibility index (Phi) is 5.27. The minimum atomic E-state index is -0.518. The van der Waals surface area contributed by atoms with Gasteiger partial charge < -0.3 is 10.6 Å². The summed E-state index contributed by atoms with van der Waals surface area (Å²) in [5.41, 5.74) is 1.06. The Hall–Kier alpha value is -3.98. The molecule has 150 valence electrons. The Morgan fingerprint density at radius 2 is 1.80 bits per heavy atom. The van der Waals surface area contributed by atoms with Crippen molar-refractivity contribution >= 4 is 40.3 Å². The molecule has 2 aromatic heterocycles. The monoisotopic (exact) mass is 422 g/mol. The van der Waals surface area contributed by atoms with Crippen molar-refractivity contribution < 1.29 is 9.59 Å². The molecule has 0 spiro atoms. The van der Waals surface area contributed by atoms with Gasteiger partial charge in [-0.2, -0.15) is 10.2 Å². The van der Waals surface area contributed by atoms with Crippen molar-refractivity contribution in [3.8, 4) is 0 Å². The molecule has 0 aliphatic heterocycles. The van der Waals surface area contributed by atoms with E-state index in [0.29, 0.717) is 16.8 Å². The minimum absolute atomic E-state index is 0.251. The van der Waals surface area contributed by atoms with Crippen LogP contribution >= 0.6 is 11.6 Å². The minimum Gasteiger partial charge on any atom is -0.323 e. The van der Waals surface area contributed by atoms with Crippen LogP contribution in [0.15, 0.2) is 71.9 Å². The lowest BCUT2D eigenvalue weighted by Gasteiger charge is -2.11. The van der Waals surface area contributed by atoms with Crippen molar-refractivity contribution in [2.24, 2.45) is 0 Å². The van der Waals surface area contributed by atoms with Gasteiger partial charge in [0.05, 0.1) is 16.9 Å². The van der Waals surface area contributed by atoms with Crippen LogP contribution in [0.5, 0.6) is 0 Å². The highest BCUT2D eigenvalue weighted by molar-refractivity contribution is 6.34. The molecule has 0 radical (unpaired) electrons. The number of benzene rings is 2. The molecule has 0 aliphatic rings. The van der Waals surface area contributed by atoms with Gasteiger partial charge in [-0.25, -0.2) is 9.20 Å². The van der Waals surface area contributed by atoms with Crippen molar-refractivity contribution in [1.82, 2.24) is 19.4 Å². The number of halogens is 1. The molecule has 0 unspecified atom stereocenters. The van der Waals surface area contributed by atoms with Gasteiger partial charge >= 0.3 is 0 Å².